The van der Waals surface area contributed by atoms with Crippen LogP contribution in [0.1, 0.15) is 25.8 Å². The molecule has 1 aliphatic heterocycles. The molecular formula is C15H22N2. The second-order valence-electron chi connectivity index (χ2n) is 4.59. The molecule has 0 amide bonds. The van der Waals surface area contributed by atoms with E-state index in [4.69, 9.17) is 0 Å². The van der Waals surface area contributed by atoms with Crippen molar-refractivity contribution in [3.05, 3.63) is 42.0 Å². The normalized spacial score (nSPS) is 20.4. The highest BCUT2D eigenvalue weighted by Gasteiger charge is 2.18. The largest absolute Gasteiger partial charge is 0.366 e. The summed E-state index contributed by atoms with van der Waals surface area (Å²) in [5, 5.41) is 3.63. The van der Waals surface area contributed by atoms with Crippen molar-refractivity contribution >= 4 is 5.69 Å². The smallest absolute Gasteiger partial charge is 0.0415 e. The van der Waals surface area contributed by atoms with E-state index in [9.17, 15) is 0 Å². The molecular weight excluding hydrogens is 208 g/mol. The molecule has 0 aliphatic carbocycles. The molecule has 2 rings (SSSR count). The average Bonchev–Trinajstić information content (AvgIpc) is 2.56. The summed E-state index contributed by atoms with van der Waals surface area (Å²) in [6, 6.07) is 9.31. The van der Waals surface area contributed by atoms with Crippen molar-refractivity contribution in [2.45, 2.75) is 32.9 Å². The number of nitrogens with one attached hydrogen (secondary N) is 1. The molecule has 1 aliphatic rings. The van der Waals surface area contributed by atoms with Crippen LogP contribution >= 0.6 is 0 Å². The van der Waals surface area contributed by atoms with Crippen LogP contribution in [0.15, 0.2) is 36.4 Å². The molecule has 2 heteroatoms. The summed E-state index contributed by atoms with van der Waals surface area (Å²) in [7, 11) is 0. The summed E-state index contributed by atoms with van der Waals surface area (Å²) in [6.45, 7) is 7.42. The Balaban J connectivity index is 2.25. The Kier molecular flexibility index (Phi) is 4.21. The number of hydrogen-bond acceptors (Lipinski definition) is 2. The first-order valence-electron chi connectivity index (χ1n) is 6.52. The van der Waals surface area contributed by atoms with Crippen LogP contribution < -0.4 is 10.2 Å². The third-order valence-corrected chi connectivity index (χ3v) is 3.41. The van der Waals surface area contributed by atoms with E-state index >= 15 is 0 Å². The Morgan fingerprint density at radius 1 is 1.41 bits per heavy atom. The molecule has 1 aromatic rings. The van der Waals surface area contributed by atoms with E-state index in [1.165, 1.54) is 17.7 Å². The Bertz CT molecular complexity index is 384. The van der Waals surface area contributed by atoms with Crippen LogP contribution in [-0.4, -0.2) is 19.1 Å². The van der Waals surface area contributed by atoms with Crippen molar-refractivity contribution in [2.75, 3.05) is 18.0 Å². The lowest BCUT2D eigenvalue weighted by Gasteiger charge is -2.26. The maximum Gasteiger partial charge on any atom is 0.0415 e. The predicted molar refractivity (Wildman–Crippen MR) is 74.4 cm³/mol. The lowest BCUT2D eigenvalue weighted by atomic mass is 10.1. The number of nitrogens with zero attached hydrogens (tertiary/aromatic N) is 1. The van der Waals surface area contributed by atoms with Crippen LogP contribution in [0.3, 0.4) is 0 Å². The third-order valence-electron chi connectivity index (χ3n) is 3.41. The van der Waals surface area contributed by atoms with Gasteiger partial charge >= 0.3 is 0 Å². The van der Waals surface area contributed by atoms with Gasteiger partial charge in [-0.1, -0.05) is 37.3 Å². The van der Waals surface area contributed by atoms with E-state index in [2.05, 4.69) is 60.5 Å². The van der Waals surface area contributed by atoms with Gasteiger partial charge in [0.2, 0.25) is 0 Å². The molecule has 92 valence electrons. The van der Waals surface area contributed by atoms with Gasteiger partial charge in [0.1, 0.15) is 0 Å². The molecule has 0 fully saturated rings. The van der Waals surface area contributed by atoms with Crippen molar-refractivity contribution < 1.29 is 0 Å². The molecule has 0 spiro atoms. The summed E-state index contributed by atoms with van der Waals surface area (Å²) >= 11 is 0. The maximum atomic E-state index is 3.63. The molecule has 2 nitrogen and oxygen atoms in total. The molecule has 1 heterocycles. The van der Waals surface area contributed by atoms with Gasteiger partial charge in [-0.3, -0.25) is 0 Å². The minimum absolute atomic E-state index is 0.590. The summed E-state index contributed by atoms with van der Waals surface area (Å²) in [5.74, 6) is 0. The fraction of sp³-hybridized carbons (Fsp3) is 0.467. The van der Waals surface area contributed by atoms with Gasteiger partial charge in [-0.25, -0.2) is 0 Å². The van der Waals surface area contributed by atoms with Gasteiger partial charge in [-0.2, -0.15) is 0 Å². The lowest BCUT2D eigenvalue weighted by Crippen LogP contribution is -2.37. The zero-order valence-electron chi connectivity index (χ0n) is 10.8. The third kappa shape index (κ3) is 2.89. The van der Waals surface area contributed by atoms with E-state index in [1.807, 2.05) is 0 Å². The summed E-state index contributed by atoms with van der Waals surface area (Å²) < 4.78 is 0. The lowest BCUT2D eigenvalue weighted by molar-refractivity contribution is 0.507. The van der Waals surface area contributed by atoms with Crippen molar-refractivity contribution in [2.24, 2.45) is 0 Å². The predicted octanol–water partition coefficient (Wildman–Crippen LogP) is 2.95. The second-order valence-corrected chi connectivity index (χ2v) is 4.59. The average molecular weight is 230 g/mol. The first-order valence-corrected chi connectivity index (χ1v) is 6.52. The van der Waals surface area contributed by atoms with Gasteiger partial charge in [0, 0.05) is 31.4 Å². The van der Waals surface area contributed by atoms with Crippen LogP contribution in [0, 0.1) is 0 Å². The minimum Gasteiger partial charge on any atom is -0.366 e. The van der Waals surface area contributed by atoms with Gasteiger partial charge < -0.3 is 10.2 Å². The van der Waals surface area contributed by atoms with Crippen LogP contribution in [0.25, 0.3) is 0 Å². The SMILES string of the molecule is C/C=C/CN1CC(CC)NCc2ccccc21. The van der Waals surface area contributed by atoms with Crippen molar-refractivity contribution in [1.82, 2.24) is 5.32 Å². The van der Waals surface area contributed by atoms with Gasteiger partial charge in [0.15, 0.2) is 0 Å². The van der Waals surface area contributed by atoms with Crippen molar-refractivity contribution in [3.63, 3.8) is 0 Å². The number of allylic oxidation sites excluding steroid dienone is 1. The summed E-state index contributed by atoms with van der Waals surface area (Å²) in [6.07, 6.45) is 5.54. The quantitative estimate of drug-likeness (QED) is 0.803. The molecule has 1 aromatic carbocycles. The zero-order valence-corrected chi connectivity index (χ0v) is 10.8. The Morgan fingerprint density at radius 2 is 2.24 bits per heavy atom. The van der Waals surface area contributed by atoms with Crippen LogP contribution in [0.5, 0.6) is 0 Å². The van der Waals surface area contributed by atoms with E-state index < -0.39 is 0 Å². The number of benzene rings is 1. The summed E-state index contributed by atoms with van der Waals surface area (Å²) in [5.41, 5.74) is 2.79. The zero-order chi connectivity index (χ0) is 12.1. The fourth-order valence-electron chi connectivity index (χ4n) is 2.33. The molecule has 0 radical (unpaired) electrons. The highest BCUT2D eigenvalue weighted by Crippen LogP contribution is 2.23. The highest BCUT2D eigenvalue weighted by atomic mass is 15.2. The number of fused-ring (bicyclic) bond motifs is 1. The van der Waals surface area contributed by atoms with E-state index in [0.717, 1.165) is 19.6 Å². The van der Waals surface area contributed by atoms with Gasteiger partial charge in [0.25, 0.3) is 0 Å². The Hall–Kier alpha value is -1.28. The molecule has 1 unspecified atom stereocenters. The molecule has 0 bridgehead atoms. The second kappa shape index (κ2) is 5.87. The Morgan fingerprint density at radius 3 is 3.00 bits per heavy atom. The molecule has 1 N–H and O–H groups in total. The van der Waals surface area contributed by atoms with Crippen LogP contribution in [0.2, 0.25) is 0 Å². The van der Waals surface area contributed by atoms with Crippen LogP contribution in [0.4, 0.5) is 5.69 Å². The number of anilines is 1. The van der Waals surface area contributed by atoms with E-state index in [1.54, 1.807) is 0 Å². The van der Waals surface area contributed by atoms with Gasteiger partial charge in [0.05, 0.1) is 0 Å². The maximum absolute atomic E-state index is 3.63. The van der Waals surface area contributed by atoms with Gasteiger partial charge in [-0.15, -0.1) is 0 Å². The minimum atomic E-state index is 0.590. The number of rotatable bonds is 3. The molecule has 17 heavy (non-hydrogen) atoms. The first-order chi connectivity index (χ1) is 8.35. The standard InChI is InChI=1S/C15H22N2/c1-3-5-10-17-12-14(4-2)16-11-13-8-6-7-9-15(13)17/h3,5-9,14,16H,4,10-12H2,1-2H3/b5-3+. The number of para-hydroxylation sites is 1. The van der Waals surface area contributed by atoms with E-state index in [-0.39, 0.29) is 0 Å². The summed E-state index contributed by atoms with van der Waals surface area (Å²) in [4.78, 5) is 2.48. The first kappa shape index (κ1) is 12.2. The fourth-order valence-corrected chi connectivity index (χ4v) is 2.33. The molecule has 0 saturated heterocycles. The van der Waals surface area contributed by atoms with E-state index in [0.29, 0.717) is 6.04 Å². The highest BCUT2D eigenvalue weighted by molar-refractivity contribution is 5.55. The molecule has 0 saturated carbocycles. The molecule has 0 aromatic heterocycles. The van der Waals surface area contributed by atoms with Crippen LogP contribution in [-0.2, 0) is 6.54 Å². The topological polar surface area (TPSA) is 15.3 Å². The van der Waals surface area contributed by atoms with Crippen molar-refractivity contribution in [1.29, 1.82) is 0 Å². The Labute approximate surface area is 104 Å². The van der Waals surface area contributed by atoms with Gasteiger partial charge in [-0.05, 0) is 25.0 Å². The molecule has 1 atom stereocenters. The number of hydrogen-bond donors (Lipinski definition) is 1. The monoisotopic (exact) mass is 230 g/mol. The van der Waals surface area contributed by atoms with Crippen molar-refractivity contribution in [3.8, 4) is 0 Å².